The van der Waals surface area contributed by atoms with Gasteiger partial charge in [-0.2, -0.15) is 5.10 Å². The maximum Gasteiger partial charge on any atom is 0.271 e. The summed E-state index contributed by atoms with van der Waals surface area (Å²) in [7, 11) is 1.56. The number of aromatic nitrogens is 1. The number of fused-ring (bicyclic) bond motifs is 1. The fraction of sp³-hybridized carbons (Fsp3) is 0.105. The first-order chi connectivity index (χ1) is 12.1. The number of hydrazone groups is 1. The van der Waals surface area contributed by atoms with Gasteiger partial charge < -0.3 is 4.74 Å². The number of carbonyl (C=O) groups is 2. The molecule has 0 aliphatic rings. The molecule has 0 fully saturated rings. The van der Waals surface area contributed by atoms with Crippen molar-refractivity contribution in [3.05, 3.63) is 65.9 Å². The van der Waals surface area contributed by atoms with Crippen LogP contribution in [0.15, 0.2) is 59.7 Å². The van der Waals surface area contributed by atoms with Crippen LogP contribution in [0.4, 0.5) is 0 Å². The molecule has 0 unspecified atom stereocenters. The number of nitrogens with zero attached hydrogens (tertiary/aromatic N) is 2. The first-order valence-corrected chi connectivity index (χ1v) is 7.69. The number of rotatable bonds is 4. The van der Waals surface area contributed by atoms with Gasteiger partial charge in [-0.15, -0.1) is 0 Å². The molecule has 25 heavy (non-hydrogen) atoms. The van der Waals surface area contributed by atoms with Crippen LogP contribution in [0, 0.1) is 0 Å². The Bertz CT molecular complexity index is 956. The first-order valence-electron chi connectivity index (χ1n) is 7.69. The third-order valence-corrected chi connectivity index (χ3v) is 3.77. The summed E-state index contributed by atoms with van der Waals surface area (Å²) in [5.41, 5.74) is 4.33. The Labute approximate surface area is 144 Å². The summed E-state index contributed by atoms with van der Waals surface area (Å²) in [5, 5.41) is 4.90. The zero-order chi connectivity index (χ0) is 17.8. The molecule has 1 heterocycles. The van der Waals surface area contributed by atoms with Crippen LogP contribution in [-0.4, -0.2) is 29.7 Å². The van der Waals surface area contributed by atoms with Crippen molar-refractivity contribution in [2.75, 3.05) is 7.11 Å². The predicted octanol–water partition coefficient (Wildman–Crippen LogP) is 3.07. The number of hydrogen-bond acceptors (Lipinski definition) is 4. The van der Waals surface area contributed by atoms with E-state index in [-0.39, 0.29) is 11.8 Å². The molecular weight excluding hydrogens is 318 g/mol. The minimum Gasteiger partial charge on any atom is -0.497 e. The molecule has 6 nitrogen and oxygen atoms in total. The molecule has 1 amide bonds. The van der Waals surface area contributed by atoms with Gasteiger partial charge in [0.2, 0.25) is 5.91 Å². The Morgan fingerprint density at radius 2 is 1.84 bits per heavy atom. The topological polar surface area (TPSA) is 72.7 Å². The van der Waals surface area contributed by atoms with E-state index >= 15 is 0 Å². The van der Waals surface area contributed by atoms with Crippen LogP contribution >= 0.6 is 0 Å². The molecule has 2 aromatic carbocycles. The van der Waals surface area contributed by atoms with Gasteiger partial charge in [0.15, 0.2) is 0 Å². The van der Waals surface area contributed by atoms with Crippen molar-refractivity contribution in [2.45, 2.75) is 6.92 Å². The minimum absolute atomic E-state index is 0.121. The smallest absolute Gasteiger partial charge is 0.271 e. The molecule has 0 saturated heterocycles. The number of carbonyl (C=O) groups excluding carboxylic acids is 2. The fourth-order valence-electron chi connectivity index (χ4n) is 2.59. The van der Waals surface area contributed by atoms with Crippen LogP contribution in [0.3, 0.4) is 0 Å². The quantitative estimate of drug-likeness (QED) is 0.588. The van der Waals surface area contributed by atoms with Crippen molar-refractivity contribution < 1.29 is 14.3 Å². The van der Waals surface area contributed by atoms with Gasteiger partial charge in [-0.05, 0) is 36.4 Å². The molecule has 6 heteroatoms. The van der Waals surface area contributed by atoms with Gasteiger partial charge in [0.1, 0.15) is 5.75 Å². The number of methoxy groups -OCH3 is 1. The van der Waals surface area contributed by atoms with Crippen molar-refractivity contribution in [2.24, 2.45) is 5.10 Å². The molecule has 126 valence electrons. The number of benzene rings is 2. The molecule has 0 bridgehead atoms. The van der Waals surface area contributed by atoms with Crippen molar-refractivity contribution in [1.29, 1.82) is 0 Å². The Hall–Kier alpha value is -3.41. The van der Waals surface area contributed by atoms with E-state index in [1.54, 1.807) is 35.9 Å². The van der Waals surface area contributed by atoms with Gasteiger partial charge in [0.25, 0.3) is 5.91 Å². The van der Waals surface area contributed by atoms with Crippen LogP contribution in [0.25, 0.3) is 10.9 Å². The highest BCUT2D eigenvalue weighted by Gasteiger charge is 2.10. The van der Waals surface area contributed by atoms with Crippen LogP contribution in [0.5, 0.6) is 5.75 Å². The van der Waals surface area contributed by atoms with E-state index in [2.05, 4.69) is 10.5 Å². The van der Waals surface area contributed by atoms with Crippen molar-refractivity contribution in [3.63, 3.8) is 0 Å². The van der Waals surface area contributed by atoms with E-state index in [0.717, 1.165) is 10.9 Å². The molecule has 3 rings (SSSR count). The Morgan fingerprint density at radius 3 is 2.52 bits per heavy atom. The Balaban J connectivity index is 1.80. The second kappa shape index (κ2) is 7.00. The number of nitrogens with one attached hydrogen (secondary N) is 1. The highest BCUT2D eigenvalue weighted by atomic mass is 16.5. The second-order valence-electron chi connectivity index (χ2n) is 5.41. The maximum absolute atomic E-state index is 12.1. The zero-order valence-corrected chi connectivity index (χ0v) is 13.9. The normalized spacial score (nSPS) is 11.0. The van der Waals surface area contributed by atoms with Crippen LogP contribution < -0.4 is 10.2 Å². The van der Waals surface area contributed by atoms with Crippen LogP contribution in [-0.2, 0) is 0 Å². The van der Waals surface area contributed by atoms with Gasteiger partial charge in [-0.3, -0.25) is 14.2 Å². The highest BCUT2D eigenvalue weighted by molar-refractivity contribution is 6.00. The average molecular weight is 335 g/mol. The molecule has 0 atom stereocenters. The van der Waals surface area contributed by atoms with E-state index in [1.807, 2.05) is 30.3 Å². The fourth-order valence-corrected chi connectivity index (χ4v) is 2.59. The summed E-state index contributed by atoms with van der Waals surface area (Å²) in [6.45, 7) is 1.49. The summed E-state index contributed by atoms with van der Waals surface area (Å²) in [6, 6.07) is 16.1. The predicted molar refractivity (Wildman–Crippen MR) is 96.3 cm³/mol. The maximum atomic E-state index is 12.1. The minimum atomic E-state index is -0.343. The molecule has 0 aliphatic heterocycles. The molecular formula is C19H17N3O3. The number of para-hydroxylation sites is 1. The third-order valence-electron chi connectivity index (χ3n) is 3.77. The SMILES string of the molecule is COc1ccc(C(=O)N/N=C\c2cc3ccccc3n2C(C)=O)cc1. The number of hydrogen-bond donors (Lipinski definition) is 1. The lowest BCUT2D eigenvalue weighted by Gasteiger charge is -2.03. The molecule has 0 spiro atoms. The standard InChI is InChI=1S/C19H17N3O3/c1-13(23)22-16(11-15-5-3-4-6-18(15)22)12-20-21-19(24)14-7-9-17(25-2)10-8-14/h3-12H,1-2H3,(H,21,24)/b20-12-. The van der Waals surface area contributed by atoms with Gasteiger partial charge in [0.05, 0.1) is 24.5 Å². The third kappa shape index (κ3) is 3.42. The van der Waals surface area contributed by atoms with E-state index in [9.17, 15) is 9.59 Å². The number of amides is 1. The lowest BCUT2D eigenvalue weighted by molar-refractivity contribution is 0.0938. The van der Waals surface area contributed by atoms with E-state index in [4.69, 9.17) is 4.74 Å². The molecule has 3 aromatic rings. The molecule has 1 N–H and O–H groups in total. The van der Waals surface area contributed by atoms with Gasteiger partial charge >= 0.3 is 0 Å². The first kappa shape index (κ1) is 16.4. The largest absolute Gasteiger partial charge is 0.497 e. The summed E-state index contributed by atoms with van der Waals surface area (Å²) in [6.07, 6.45) is 1.46. The van der Waals surface area contributed by atoms with Gasteiger partial charge in [-0.25, -0.2) is 5.43 Å². The molecule has 0 aliphatic carbocycles. The van der Waals surface area contributed by atoms with E-state index in [0.29, 0.717) is 17.0 Å². The van der Waals surface area contributed by atoms with Crippen molar-refractivity contribution >= 4 is 28.9 Å². The lowest BCUT2D eigenvalue weighted by atomic mass is 10.2. The average Bonchev–Trinajstić information content (AvgIpc) is 3.00. The van der Waals surface area contributed by atoms with Crippen molar-refractivity contribution in [1.82, 2.24) is 9.99 Å². The molecule has 1 aromatic heterocycles. The Morgan fingerprint density at radius 1 is 1.12 bits per heavy atom. The van der Waals surface area contributed by atoms with Gasteiger partial charge in [0, 0.05) is 17.9 Å². The molecule has 0 radical (unpaired) electrons. The summed E-state index contributed by atoms with van der Waals surface area (Å²) < 4.78 is 6.61. The lowest BCUT2D eigenvalue weighted by Crippen LogP contribution is -2.18. The summed E-state index contributed by atoms with van der Waals surface area (Å²) in [4.78, 5) is 24.0. The summed E-state index contributed by atoms with van der Waals surface area (Å²) >= 11 is 0. The van der Waals surface area contributed by atoms with Crippen LogP contribution in [0.2, 0.25) is 0 Å². The summed E-state index contributed by atoms with van der Waals surface area (Å²) in [5.74, 6) is 0.208. The highest BCUT2D eigenvalue weighted by Crippen LogP contribution is 2.18. The van der Waals surface area contributed by atoms with Crippen molar-refractivity contribution in [3.8, 4) is 5.75 Å². The monoisotopic (exact) mass is 335 g/mol. The van der Waals surface area contributed by atoms with E-state index in [1.165, 1.54) is 13.1 Å². The van der Waals surface area contributed by atoms with Crippen LogP contribution in [0.1, 0.15) is 27.8 Å². The Kier molecular flexibility index (Phi) is 4.61. The second-order valence-corrected chi connectivity index (χ2v) is 5.41. The number of ether oxygens (including phenoxy) is 1. The van der Waals surface area contributed by atoms with E-state index < -0.39 is 0 Å². The zero-order valence-electron chi connectivity index (χ0n) is 13.9. The molecule has 0 saturated carbocycles. The van der Waals surface area contributed by atoms with Gasteiger partial charge in [-0.1, -0.05) is 18.2 Å².